The maximum atomic E-state index is 14.3. The third kappa shape index (κ3) is 8.17. The number of rotatable bonds is 11. The Kier molecular flexibility index (Phi) is 11.2. The number of anilines is 1. The third-order valence-electron chi connectivity index (χ3n) is 8.27. The van der Waals surface area contributed by atoms with E-state index in [0.717, 1.165) is 16.7 Å². The number of sulfonamides is 1. The van der Waals surface area contributed by atoms with Gasteiger partial charge in [0.2, 0.25) is 10.0 Å². The van der Waals surface area contributed by atoms with Crippen LogP contribution in [0.1, 0.15) is 48.7 Å². The number of ether oxygens (including phenoxy) is 2. The fourth-order valence-corrected chi connectivity index (χ4v) is 6.32. The zero-order chi connectivity index (χ0) is 32.9. The summed E-state index contributed by atoms with van der Waals surface area (Å²) in [6.07, 6.45) is 3.22. The average Bonchev–Trinajstić information content (AvgIpc) is 2.98. The number of amides is 2. The predicted octanol–water partition coefficient (Wildman–Crippen LogP) is 5.97. The van der Waals surface area contributed by atoms with Crippen LogP contribution in [0.2, 0.25) is 18.1 Å². The monoisotopic (exact) mass is 643 g/mol. The first-order valence-corrected chi connectivity index (χ1v) is 18.8. The Labute approximate surface area is 262 Å². The first kappa shape index (κ1) is 35.0. The van der Waals surface area contributed by atoms with Gasteiger partial charge in [-0.25, -0.2) is 17.9 Å². The molecule has 12 heteroatoms. The van der Waals surface area contributed by atoms with Gasteiger partial charge in [0.05, 0.1) is 35.9 Å². The molecular formula is C32H45N3O7SSi. The molecule has 10 nitrogen and oxygen atoms in total. The van der Waals surface area contributed by atoms with Crippen LogP contribution in [0.3, 0.4) is 0 Å². The van der Waals surface area contributed by atoms with Crippen LogP contribution < -0.4 is 14.8 Å². The Morgan fingerprint density at radius 2 is 1.82 bits per heavy atom. The fourth-order valence-electron chi connectivity index (χ4n) is 4.55. The normalized spacial score (nSPS) is 15.8. The van der Waals surface area contributed by atoms with Crippen LogP contribution in [0, 0.1) is 6.92 Å². The van der Waals surface area contributed by atoms with Crippen molar-refractivity contribution < 1.29 is 31.9 Å². The van der Waals surface area contributed by atoms with Crippen LogP contribution >= 0.6 is 0 Å². The van der Waals surface area contributed by atoms with Gasteiger partial charge in [0, 0.05) is 6.54 Å². The molecular weight excluding hydrogens is 599 g/mol. The lowest BCUT2D eigenvalue weighted by molar-refractivity contribution is 0.0627. The maximum Gasteiger partial charge on any atom is 0.411 e. The SMILES string of the molecule is C=CCOC(=O)Nc1cc(C)c(OC)cc1C(=O)N1CC=C(c2ccc(S(=O)(=O)NC)cc2)C[C@H]1CO[Si](C)(C)C(C)(C)C. The molecule has 3 rings (SSSR count). The molecule has 0 saturated heterocycles. The molecule has 0 saturated carbocycles. The van der Waals surface area contributed by atoms with Crippen LogP contribution in [-0.4, -0.2) is 73.6 Å². The molecule has 0 bridgehead atoms. The molecule has 1 heterocycles. The summed E-state index contributed by atoms with van der Waals surface area (Å²) in [5.74, 6) is 0.217. The second-order valence-corrected chi connectivity index (χ2v) is 18.9. The second kappa shape index (κ2) is 14.1. The van der Waals surface area contributed by atoms with Crippen LogP contribution in [0.25, 0.3) is 5.57 Å². The van der Waals surface area contributed by atoms with Gasteiger partial charge in [-0.1, -0.05) is 51.6 Å². The Hall–Kier alpha value is -3.45. The minimum atomic E-state index is -3.56. The zero-order valence-corrected chi connectivity index (χ0v) is 28.8. The largest absolute Gasteiger partial charge is 0.496 e. The lowest BCUT2D eigenvalue weighted by Crippen LogP contribution is -2.49. The summed E-state index contributed by atoms with van der Waals surface area (Å²) in [7, 11) is -2.83. The number of nitrogens with zero attached hydrogens (tertiary/aromatic N) is 1. The van der Waals surface area contributed by atoms with Gasteiger partial charge in [-0.15, -0.1) is 0 Å². The maximum absolute atomic E-state index is 14.3. The smallest absolute Gasteiger partial charge is 0.411 e. The van der Waals surface area contributed by atoms with E-state index in [2.05, 4.69) is 50.5 Å². The highest BCUT2D eigenvalue weighted by Crippen LogP contribution is 2.38. The van der Waals surface area contributed by atoms with Crippen molar-refractivity contribution in [2.45, 2.75) is 63.2 Å². The highest BCUT2D eigenvalue weighted by atomic mass is 32.2. The standard InChI is InChI=1S/C32H45N3O7SSi/c1-10-17-41-31(37)34-28-18-22(2)29(40-7)20-27(28)30(36)35-16-15-24(19-25(35)21-42-44(8,9)32(3,4)5)23-11-13-26(14-12-23)43(38,39)33-6/h10-15,18,20,25,33H,1,16-17,19,21H2,2-9H3,(H,34,37)/t25-/m0/s1. The number of carbonyl (C=O) groups is 2. The summed E-state index contributed by atoms with van der Waals surface area (Å²) in [6, 6.07) is 9.69. The van der Waals surface area contributed by atoms with Gasteiger partial charge >= 0.3 is 6.09 Å². The Morgan fingerprint density at radius 3 is 2.39 bits per heavy atom. The number of hydrogen-bond donors (Lipinski definition) is 2. The van der Waals surface area contributed by atoms with Gasteiger partial charge < -0.3 is 18.8 Å². The van der Waals surface area contributed by atoms with E-state index in [1.54, 1.807) is 41.3 Å². The van der Waals surface area contributed by atoms with Gasteiger partial charge in [0.15, 0.2) is 8.32 Å². The molecule has 1 aliphatic rings. The van der Waals surface area contributed by atoms with Gasteiger partial charge in [0.1, 0.15) is 12.4 Å². The highest BCUT2D eigenvalue weighted by molar-refractivity contribution is 7.89. The molecule has 0 spiro atoms. The van der Waals surface area contributed by atoms with E-state index in [9.17, 15) is 18.0 Å². The third-order valence-corrected chi connectivity index (χ3v) is 14.2. The van der Waals surface area contributed by atoms with E-state index < -0.39 is 24.4 Å². The Morgan fingerprint density at radius 1 is 1.16 bits per heavy atom. The number of carbonyl (C=O) groups excluding carboxylic acids is 2. The molecule has 1 atom stereocenters. The summed E-state index contributed by atoms with van der Waals surface area (Å²) in [4.78, 5) is 28.7. The van der Waals surface area contributed by atoms with Gasteiger partial charge in [-0.05, 0) is 79.5 Å². The van der Waals surface area contributed by atoms with E-state index in [1.807, 2.05) is 13.0 Å². The summed E-state index contributed by atoms with van der Waals surface area (Å²) in [5.41, 5.74) is 3.17. The molecule has 2 N–H and O–H groups in total. The topological polar surface area (TPSA) is 123 Å². The van der Waals surface area contributed by atoms with Crippen molar-refractivity contribution in [1.82, 2.24) is 9.62 Å². The van der Waals surface area contributed by atoms with Gasteiger partial charge in [-0.2, -0.15) is 0 Å². The molecule has 240 valence electrons. The van der Waals surface area contributed by atoms with Crippen molar-refractivity contribution in [2.24, 2.45) is 0 Å². The van der Waals surface area contributed by atoms with Crippen LogP contribution in [0.4, 0.5) is 10.5 Å². The first-order chi connectivity index (χ1) is 20.5. The summed E-state index contributed by atoms with van der Waals surface area (Å²) < 4.78 is 44.1. The number of hydrogen-bond acceptors (Lipinski definition) is 7. The number of aryl methyl sites for hydroxylation is 1. The van der Waals surface area contributed by atoms with Crippen molar-refractivity contribution in [2.75, 3.05) is 39.2 Å². The molecule has 2 amide bonds. The Bertz CT molecular complexity index is 1510. The van der Waals surface area contributed by atoms with E-state index in [0.29, 0.717) is 24.5 Å². The number of benzene rings is 2. The lowest BCUT2D eigenvalue weighted by atomic mass is 9.93. The van der Waals surface area contributed by atoms with E-state index in [4.69, 9.17) is 13.9 Å². The van der Waals surface area contributed by atoms with E-state index >= 15 is 0 Å². The summed E-state index contributed by atoms with van der Waals surface area (Å²) >= 11 is 0. The molecule has 0 fully saturated rings. The van der Waals surface area contributed by atoms with Gasteiger partial charge in [-0.3, -0.25) is 10.1 Å². The second-order valence-electron chi connectivity index (χ2n) is 12.2. The molecule has 1 aliphatic heterocycles. The van der Waals surface area contributed by atoms with Crippen LogP contribution in [0.5, 0.6) is 5.75 Å². The summed E-state index contributed by atoms with van der Waals surface area (Å²) in [6.45, 7) is 16.8. The quantitative estimate of drug-likeness (QED) is 0.229. The minimum Gasteiger partial charge on any atom is -0.496 e. The molecule has 0 aromatic heterocycles. The number of methoxy groups -OCH3 is 1. The van der Waals surface area contributed by atoms with Gasteiger partial charge in [0.25, 0.3) is 5.91 Å². The van der Waals surface area contributed by atoms with E-state index in [-0.39, 0.29) is 40.6 Å². The highest BCUT2D eigenvalue weighted by Gasteiger charge is 2.39. The van der Waals surface area contributed by atoms with Crippen LogP contribution in [-0.2, 0) is 19.2 Å². The van der Waals surface area contributed by atoms with Crippen molar-refractivity contribution in [3.63, 3.8) is 0 Å². The molecule has 0 aliphatic carbocycles. The minimum absolute atomic E-state index is 0.0265. The van der Waals surface area contributed by atoms with Crippen molar-refractivity contribution in [1.29, 1.82) is 0 Å². The lowest BCUT2D eigenvalue weighted by Gasteiger charge is -2.41. The first-order valence-electron chi connectivity index (χ1n) is 14.5. The summed E-state index contributed by atoms with van der Waals surface area (Å²) in [5, 5.41) is 2.67. The van der Waals surface area contributed by atoms with Crippen LogP contribution in [0.15, 0.2) is 60.0 Å². The fraction of sp³-hybridized carbons (Fsp3) is 0.438. The molecule has 2 aromatic rings. The zero-order valence-electron chi connectivity index (χ0n) is 26.9. The Balaban J connectivity index is 2.02. The molecule has 0 radical (unpaired) electrons. The predicted molar refractivity (Wildman–Crippen MR) is 176 cm³/mol. The average molecular weight is 644 g/mol. The van der Waals surface area contributed by atoms with Crippen molar-refractivity contribution >= 4 is 41.6 Å². The van der Waals surface area contributed by atoms with Crippen molar-refractivity contribution in [3.8, 4) is 5.75 Å². The van der Waals surface area contributed by atoms with E-state index in [1.165, 1.54) is 20.2 Å². The molecule has 0 unspecified atom stereocenters. The molecule has 2 aromatic carbocycles. The molecule has 44 heavy (non-hydrogen) atoms. The van der Waals surface area contributed by atoms with Crippen molar-refractivity contribution in [3.05, 3.63) is 71.8 Å². The number of nitrogens with one attached hydrogen (secondary N) is 2.